The molecule has 0 amide bonds. The fourth-order valence-corrected chi connectivity index (χ4v) is 1.84. The first-order valence-electron chi connectivity index (χ1n) is 6.01. The average Bonchev–Trinajstić information content (AvgIpc) is 2.84. The lowest BCUT2D eigenvalue weighted by atomic mass is 10.2. The highest BCUT2D eigenvalue weighted by Gasteiger charge is 2.07. The van der Waals surface area contributed by atoms with Crippen LogP contribution < -0.4 is 10.1 Å². The molecule has 5 heteroatoms. The Labute approximate surface area is 107 Å². The second-order valence-corrected chi connectivity index (χ2v) is 4.07. The zero-order chi connectivity index (χ0) is 13.0. The minimum Gasteiger partial charge on any atom is -0.496 e. The van der Waals surface area contributed by atoms with Gasteiger partial charge in [-0.3, -0.25) is 0 Å². The number of methoxy groups -OCH3 is 1. The minimum absolute atomic E-state index is 0.759. The summed E-state index contributed by atoms with van der Waals surface area (Å²) in [7, 11) is 1.67. The quantitative estimate of drug-likeness (QED) is 0.872. The molecule has 0 aliphatic heterocycles. The van der Waals surface area contributed by atoms with Crippen LogP contribution in [0.3, 0.4) is 0 Å². The summed E-state index contributed by atoms with van der Waals surface area (Å²) in [5, 5.41) is 11.4. The number of hydrogen-bond donors (Lipinski definition) is 1. The van der Waals surface area contributed by atoms with E-state index in [0.29, 0.717) is 0 Å². The topological polar surface area (TPSA) is 52.0 Å². The van der Waals surface area contributed by atoms with Gasteiger partial charge in [0, 0.05) is 6.54 Å². The zero-order valence-corrected chi connectivity index (χ0v) is 11.0. The number of nitrogens with one attached hydrogen (secondary N) is 1. The van der Waals surface area contributed by atoms with Gasteiger partial charge in [0.1, 0.15) is 5.75 Å². The van der Waals surface area contributed by atoms with Gasteiger partial charge < -0.3 is 10.1 Å². The zero-order valence-electron chi connectivity index (χ0n) is 11.0. The summed E-state index contributed by atoms with van der Waals surface area (Å²) in [5.74, 6) is 0.882. The van der Waals surface area contributed by atoms with E-state index in [0.717, 1.165) is 35.8 Å². The molecule has 5 nitrogen and oxygen atoms in total. The number of hydrogen-bond acceptors (Lipinski definition) is 4. The Morgan fingerprint density at radius 3 is 2.89 bits per heavy atom. The first kappa shape index (κ1) is 12.6. The van der Waals surface area contributed by atoms with Crippen molar-refractivity contribution < 1.29 is 4.74 Å². The molecule has 0 bridgehead atoms. The van der Waals surface area contributed by atoms with Crippen LogP contribution in [-0.4, -0.2) is 28.6 Å². The Bertz CT molecular complexity index is 521. The molecule has 0 unspecified atom stereocenters. The van der Waals surface area contributed by atoms with Crippen LogP contribution >= 0.6 is 0 Å². The van der Waals surface area contributed by atoms with Crippen molar-refractivity contribution in [3.63, 3.8) is 0 Å². The molecular weight excluding hydrogens is 228 g/mol. The molecule has 2 rings (SSSR count). The van der Waals surface area contributed by atoms with E-state index in [1.165, 1.54) is 0 Å². The molecule has 0 saturated heterocycles. The Morgan fingerprint density at radius 1 is 1.39 bits per heavy atom. The van der Waals surface area contributed by atoms with Gasteiger partial charge in [-0.1, -0.05) is 12.1 Å². The van der Waals surface area contributed by atoms with Gasteiger partial charge in [-0.25, -0.2) is 4.68 Å². The van der Waals surface area contributed by atoms with E-state index in [1.807, 2.05) is 29.8 Å². The van der Waals surface area contributed by atoms with Crippen molar-refractivity contribution in [2.45, 2.75) is 20.4 Å². The number of nitrogens with zero attached hydrogens (tertiary/aromatic N) is 3. The molecule has 1 heterocycles. The second-order valence-electron chi connectivity index (χ2n) is 4.07. The van der Waals surface area contributed by atoms with Gasteiger partial charge in [0.15, 0.2) is 0 Å². The number of aryl methyl sites for hydroxylation is 1. The van der Waals surface area contributed by atoms with Crippen LogP contribution in [0.1, 0.15) is 18.2 Å². The lowest BCUT2D eigenvalue weighted by Gasteiger charge is -2.09. The molecule has 1 aromatic heterocycles. The van der Waals surface area contributed by atoms with Gasteiger partial charge in [-0.15, -0.1) is 5.10 Å². The van der Waals surface area contributed by atoms with Crippen molar-refractivity contribution in [1.82, 2.24) is 20.3 Å². The molecule has 0 fully saturated rings. The van der Waals surface area contributed by atoms with Crippen LogP contribution in [0.2, 0.25) is 0 Å². The Kier molecular flexibility index (Phi) is 3.94. The normalized spacial score (nSPS) is 10.6. The summed E-state index contributed by atoms with van der Waals surface area (Å²) in [6.45, 7) is 5.77. The van der Waals surface area contributed by atoms with Crippen molar-refractivity contribution in [3.8, 4) is 11.4 Å². The predicted octanol–water partition coefficient (Wildman–Crippen LogP) is 1.69. The number of aromatic nitrogens is 3. The second kappa shape index (κ2) is 5.64. The van der Waals surface area contributed by atoms with Crippen molar-refractivity contribution in [2.75, 3.05) is 13.7 Å². The molecule has 1 N–H and O–H groups in total. The summed E-state index contributed by atoms with van der Waals surface area (Å²) in [6.07, 6.45) is 1.78. The molecule has 0 spiro atoms. The third-order valence-electron chi connectivity index (χ3n) is 2.80. The molecule has 0 aliphatic carbocycles. The third-order valence-corrected chi connectivity index (χ3v) is 2.80. The Balaban J connectivity index is 2.31. The lowest BCUT2D eigenvalue weighted by Crippen LogP contribution is -2.15. The highest BCUT2D eigenvalue weighted by molar-refractivity contribution is 5.43. The first-order valence-corrected chi connectivity index (χ1v) is 6.01. The van der Waals surface area contributed by atoms with Crippen molar-refractivity contribution in [1.29, 1.82) is 0 Å². The standard InChI is InChI=1S/C13H18N4O/c1-4-14-8-12-9-15-16-17(12)11-5-6-13(18-3)10(2)7-11/h5-7,9,14H,4,8H2,1-3H3. The van der Waals surface area contributed by atoms with E-state index in [1.54, 1.807) is 13.3 Å². The van der Waals surface area contributed by atoms with E-state index >= 15 is 0 Å². The summed E-state index contributed by atoms with van der Waals surface area (Å²) in [4.78, 5) is 0. The van der Waals surface area contributed by atoms with Gasteiger partial charge in [-0.05, 0) is 37.2 Å². The third kappa shape index (κ3) is 2.51. The largest absolute Gasteiger partial charge is 0.496 e. The highest BCUT2D eigenvalue weighted by atomic mass is 16.5. The number of benzene rings is 1. The van der Waals surface area contributed by atoms with E-state index in [2.05, 4.69) is 22.6 Å². The molecule has 96 valence electrons. The van der Waals surface area contributed by atoms with Crippen molar-refractivity contribution >= 4 is 0 Å². The van der Waals surface area contributed by atoms with E-state index in [9.17, 15) is 0 Å². The summed E-state index contributed by atoms with van der Waals surface area (Å²) >= 11 is 0. The van der Waals surface area contributed by atoms with Crippen molar-refractivity contribution in [2.24, 2.45) is 0 Å². The summed E-state index contributed by atoms with van der Waals surface area (Å²) < 4.78 is 7.10. The molecule has 18 heavy (non-hydrogen) atoms. The predicted molar refractivity (Wildman–Crippen MR) is 70.0 cm³/mol. The fourth-order valence-electron chi connectivity index (χ4n) is 1.84. The lowest BCUT2D eigenvalue weighted by molar-refractivity contribution is 0.411. The molecule has 1 aromatic carbocycles. The number of ether oxygens (including phenoxy) is 1. The fraction of sp³-hybridized carbons (Fsp3) is 0.385. The SMILES string of the molecule is CCNCc1cnnn1-c1ccc(OC)c(C)c1. The monoisotopic (exact) mass is 246 g/mol. The van der Waals surface area contributed by atoms with Crippen LogP contribution in [-0.2, 0) is 6.54 Å². The van der Waals surface area contributed by atoms with Crippen LogP contribution in [0.5, 0.6) is 5.75 Å². The maximum Gasteiger partial charge on any atom is 0.121 e. The van der Waals surface area contributed by atoms with Crippen LogP contribution in [0.25, 0.3) is 5.69 Å². The molecule has 2 aromatic rings. The van der Waals surface area contributed by atoms with Gasteiger partial charge in [0.25, 0.3) is 0 Å². The maximum absolute atomic E-state index is 5.25. The molecule has 0 aliphatic rings. The van der Waals surface area contributed by atoms with Gasteiger partial charge in [-0.2, -0.15) is 0 Å². The molecule has 0 radical (unpaired) electrons. The molecule has 0 atom stereocenters. The van der Waals surface area contributed by atoms with E-state index in [-0.39, 0.29) is 0 Å². The Hall–Kier alpha value is -1.88. The molecule has 0 saturated carbocycles. The van der Waals surface area contributed by atoms with Crippen LogP contribution in [0.4, 0.5) is 0 Å². The van der Waals surface area contributed by atoms with Gasteiger partial charge in [0.2, 0.25) is 0 Å². The van der Waals surface area contributed by atoms with Gasteiger partial charge >= 0.3 is 0 Å². The van der Waals surface area contributed by atoms with Crippen molar-refractivity contribution in [3.05, 3.63) is 35.7 Å². The van der Waals surface area contributed by atoms with Gasteiger partial charge in [0.05, 0.1) is 24.7 Å². The van der Waals surface area contributed by atoms with Crippen LogP contribution in [0, 0.1) is 6.92 Å². The maximum atomic E-state index is 5.25. The molecular formula is C13H18N4O. The van der Waals surface area contributed by atoms with E-state index < -0.39 is 0 Å². The minimum atomic E-state index is 0.759. The summed E-state index contributed by atoms with van der Waals surface area (Å²) in [6, 6.07) is 5.97. The van der Waals surface area contributed by atoms with Crippen LogP contribution in [0.15, 0.2) is 24.4 Å². The first-order chi connectivity index (χ1) is 8.76. The smallest absolute Gasteiger partial charge is 0.121 e. The number of rotatable bonds is 5. The average molecular weight is 246 g/mol. The summed E-state index contributed by atoms with van der Waals surface area (Å²) in [5.41, 5.74) is 3.13. The Morgan fingerprint density at radius 2 is 2.22 bits per heavy atom. The highest BCUT2D eigenvalue weighted by Crippen LogP contribution is 2.21. The van der Waals surface area contributed by atoms with E-state index in [4.69, 9.17) is 4.74 Å².